The number of amides is 2. The van der Waals surface area contributed by atoms with Crippen LogP contribution >= 0.6 is 34.5 Å². The van der Waals surface area contributed by atoms with E-state index in [4.69, 9.17) is 38.1 Å². The molecular formula is C27H15Cl2F4N3O4S. The number of rotatable bonds is 7. The quantitative estimate of drug-likeness (QED) is 0.179. The molecule has 2 aromatic carbocycles. The van der Waals surface area contributed by atoms with Crippen molar-refractivity contribution >= 4 is 62.3 Å². The number of carbonyl (C=O) groups excluding carboxylic acids is 2. The molecule has 0 saturated carbocycles. The minimum absolute atomic E-state index is 0.0162. The van der Waals surface area contributed by atoms with E-state index in [9.17, 15) is 27.2 Å². The Hall–Kier alpha value is -4.13. The maximum atomic E-state index is 13.7. The van der Waals surface area contributed by atoms with Gasteiger partial charge in [0.2, 0.25) is 0 Å². The van der Waals surface area contributed by atoms with Gasteiger partial charge < -0.3 is 20.2 Å². The SMILES string of the molecule is NC(=O)c1sc2nc(C(F)(F)F)cc(-c3ccc(F)cc3)c2c1NC(=O)c1ccc(COc2cccc(Cl)c2Cl)o1. The standard InChI is InChI=1S/C27H15Cl2F4N3O4S/c28-16-2-1-3-17(21(16)29)39-11-14-8-9-18(40-14)25(38)36-22-20-15(12-4-6-13(30)7-5-12)10-19(27(31,32)33)35-26(20)41-23(22)24(34)37/h1-10H,11H2,(H2,34,37)(H,36,38). The normalized spacial score (nSPS) is 11.6. The molecule has 5 aromatic rings. The van der Waals surface area contributed by atoms with Gasteiger partial charge in [-0.05, 0) is 53.6 Å². The van der Waals surface area contributed by atoms with Crippen molar-refractivity contribution in [1.29, 1.82) is 0 Å². The topological polar surface area (TPSA) is 107 Å². The zero-order valence-corrected chi connectivity index (χ0v) is 22.6. The smallest absolute Gasteiger partial charge is 0.433 e. The Kier molecular flexibility index (Phi) is 7.64. The van der Waals surface area contributed by atoms with E-state index in [0.717, 1.165) is 18.2 Å². The number of thiophene rings is 1. The van der Waals surface area contributed by atoms with Crippen molar-refractivity contribution in [2.45, 2.75) is 12.8 Å². The maximum absolute atomic E-state index is 13.7. The summed E-state index contributed by atoms with van der Waals surface area (Å²) in [5, 5.41) is 3.01. The second-order valence-electron chi connectivity index (χ2n) is 8.47. The van der Waals surface area contributed by atoms with Gasteiger partial charge >= 0.3 is 6.18 Å². The summed E-state index contributed by atoms with van der Waals surface area (Å²) < 4.78 is 65.8. The van der Waals surface area contributed by atoms with Crippen molar-refractivity contribution in [1.82, 2.24) is 4.98 Å². The molecule has 0 fully saturated rings. The molecule has 0 atom stereocenters. The molecule has 0 saturated heterocycles. The summed E-state index contributed by atoms with van der Waals surface area (Å²) >= 11 is 12.7. The molecule has 0 spiro atoms. The van der Waals surface area contributed by atoms with Gasteiger partial charge in [0, 0.05) is 5.39 Å². The summed E-state index contributed by atoms with van der Waals surface area (Å²) in [6.07, 6.45) is -4.83. The molecule has 0 aliphatic carbocycles. The number of pyridine rings is 1. The fourth-order valence-corrected chi connectivity index (χ4v) is 5.24. The first-order valence-corrected chi connectivity index (χ1v) is 13.1. The molecule has 3 N–H and O–H groups in total. The van der Waals surface area contributed by atoms with Crippen molar-refractivity contribution in [2.75, 3.05) is 5.32 Å². The van der Waals surface area contributed by atoms with Crippen LogP contribution in [0.4, 0.5) is 23.2 Å². The Morgan fingerprint density at radius 1 is 1.07 bits per heavy atom. The Morgan fingerprint density at radius 2 is 1.80 bits per heavy atom. The molecule has 0 unspecified atom stereocenters. The maximum Gasteiger partial charge on any atom is 0.433 e. The summed E-state index contributed by atoms with van der Waals surface area (Å²) in [6.45, 7) is -0.111. The second kappa shape index (κ2) is 11.0. The highest BCUT2D eigenvalue weighted by atomic mass is 35.5. The number of hydrogen-bond acceptors (Lipinski definition) is 6. The molecule has 0 bridgehead atoms. The lowest BCUT2D eigenvalue weighted by atomic mass is 10.0. The monoisotopic (exact) mass is 623 g/mol. The highest BCUT2D eigenvalue weighted by Gasteiger charge is 2.35. The minimum Gasteiger partial charge on any atom is -0.484 e. The minimum atomic E-state index is -4.83. The average Bonchev–Trinajstić information content (AvgIpc) is 3.54. The number of carbonyl (C=O) groups is 2. The van der Waals surface area contributed by atoms with Crippen molar-refractivity contribution in [2.24, 2.45) is 5.73 Å². The molecule has 14 heteroatoms. The van der Waals surface area contributed by atoms with Gasteiger partial charge in [-0.1, -0.05) is 41.4 Å². The Bertz CT molecular complexity index is 1800. The zero-order valence-electron chi connectivity index (χ0n) is 20.3. The van der Waals surface area contributed by atoms with Crippen LogP contribution in [0.5, 0.6) is 5.75 Å². The van der Waals surface area contributed by atoms with E-state index in [1.165, 1.54) is 24.3 Å². The lowest BCUT2D eigenvalue weighted by molar-refractivity contribution is -0.140. The first kappa shape index (κ1) is 28.4. The van der Waals surface area contributed by atoms with Gasteiger partial charge in [-0.3, -0.25) is 9.59 Å². The third-order valence-electron chi connectivity index (χ3n) is 5.74. The highest BCUT2D eigenvalue weighted by Crippen LogP contribution is 2.44. The van der Waals surface area contributed by atoms with Crippen LogP contribution in [0.1, 0.15) is 31.7 Å². The van der Waals surface area contributed by atoms with Crippen LogP contribution in [0, 0.1) is 5.82 Å². The van der Waals surface area contributed by atoms with Crippen LogP contribution in [0.3, 0.4) is 0 Å². The van der Waals surface area contributed by atoms with Crippen molar-refractivity contribution in [3.63, 3.8) is 0 Å². The third kappa shape index (κ3) is 5.85. The molecule has 0 radical (unpaired) electrons. The molecule has 0 aliphatic heterocycles. The van der Waals surface area contributed by atoms with Crippen LogP contribution in [0.25, 0.3) is 21.3 Å². The van der Waals surface area contributed by atoms with Crippen molar-refractivity contribution < 1.29 is 36.3 Å². The molecule has 3 heterocycles. The summed E-state index contributed by atoms with van der Waals surface area (Å²) in [6, 6.07) is 13.0. The number of fused-ring (bicyclic) bond motifs is 1. The number of nitrogens with two attached hydrogens (primary N) is 1. The number of primary amides is 1. The Morgan fingerprint density at radius 3 is 2.49 bits per heavy atom. The Balaban J connectivity index is 1.51. The van der Waals surface area contributed by atoms with E-state index < -0.39 is 29.5 Å². The molecule has 5 rings (SSSR count). The molecule has 41 heavy (non-hydrogen) atoms. The van der Waals surface area contributed by atoms with Crippen LogP contribution in [-0.2, 0) is 12.8 Å². The molecular weight excluding hydrogens is 609 g/mol. The van der Waals surface area contributed by atoms with Gasteiger partial charge in [0.05, 0.1) is 10.7 Å². The number of anilines is 1. The van der Waals surface area contributed by atoms with Gasteiger partial charge in [-0.15, -0.1) is 11.3 Å². The van der Waals surface area contributed by atoms with E-state index in [1.807, 2.05) is 0 Å². The van der Waals surface area contributed by atoms with Gasteiger partial charge in [-0.2, -0.15) is 13.2 Å². The number of aromatic nitrogens is 1. The number of nitrogens with one attached hydrogen (secondary N) is 1. The van der Waals surface area contributed by atoms with E-state index in [-0.39, 0.29) is 65.8 Å². The number of hydrogen-bond donors (Lipinski definition) is 2. The molecule has 3 aromatic heterocycles. The van der Waals surface area contributed by atoms with Gasteiger partial charge in [0.25, 0.3) is 11.8 Å². The number of halogens is 6. The summed E-state index contributed by atoms with van der Waals surface area (Å²) in [5.41, 5.74) is 4.24. The molecule has 210 valence electrons. The largest absolute Gasteiger partial charge is 0.484 e. The predicted molar refractivity (Wildman–Crippen MR) is 146 cm³/mol. The van der Waals surface area contributed by atoms with Crippen LogP contribution in [0.2, 0.25) is 10.0 Å². The number of ether oxygens (including phenoxy) is 1. The lowest BCUT2D eigenvalue weighted by Gasteiger charge is -2.12. The predicted octanol–water partition coefficient (Wildman–Crippen LogP) is 7.95. The van der Waals surface area contributed by atoms with E-state index in [0.29, 0.717) is 11.3 Å². The highest BCUT2D eigenvalue weighted by molar-refractivity contribution is 7.21. The number of furan rings is 1. The van der Waals surface area contributed by atoms with Gasteiger partial charge in [-0.25, -0.2) is 9.37 Å². The van der Waals surface area contributed by atoms with E-state index in [1.54, 1.807) is 18.2 Å². The summed E-state index contributed by atoms with van der Waals surface area (Å²) in [4.78, 5) is 28.6. The third-order valence-corrected chi connectivity index (χ3v) is 7.64. The number of alkyl halides is 3. The van der Waals surface area contributed by atoms with Crippen molar-refractivity contribution in [3.05, 3.63) is 98.6 Å². The summed E-state index contributed by atoms with van der Waals surface area (Å²) in [7, 11) is 0. The van der Waals surface area contributed by atoms with Crippen LogP contribution in [-0.4, -0.2) is 16.8 Å². The Labute approximate surface area is 242 Å². The molecule has 7 nitrogen and oxygen atoms in total. The fourth-order valence-electron chi connectivity index (χ4n) is 3.89. The van der Waals surface area contributed by atoms with Gasteiger partial charge in [0.1, 0.15) is 44.4 Å². The zero-order chi connectivity index (χ0) is 29.5. The summed E-state index contributed by atoms with van der Waals surface area (Å²) in [5.74, 6) is -2.12. The van der Waals surface area contributed by atoms with Crippen LogP contribution < -0.4 is 15.8 Å². The first-order valence-electron chi connectivity index (χ1n) is 11.5. The van der Waals surface area contributed by atoms with Crippen LogP contribution in [0.15, 0.2) is 65.1 Å². The van der Waals surface area contributed by atoms with Gasteiger partial charge in [0.15, 0.2) is 5.76 Å². The fraction of sp³-hybridized carbons (Fsp3) is 0.0741. The first-order chi connectivity index (χ1) is 19.4. The van der Waals surface area contributed by atoms with E-state index >= 15 is 0 Å². The molecule has 0 aliphatic rings. The molecule has 2 amide bonds. The number of nitrogens with zero attached hydrogens (tertiary/aromatic N) is 1. The average molecular weight is 624 g/mol. The van der Waals surface area contributed by atoms with E-state index in [2.05, 4.69) is 10.3 Å². The second-order valence-corrected chi connectivity index (χ2v) is 10.3. The number of benzene rings is 2. The lowest BCUT2D eigenvalue weighted by Crippen LogP contribution is -2.16. The van der Waals surface area contributed by atoms with Crippen molar-refractivity contribution in [3.8, 4) is 16.9 Å².